The Morgan fingerprint density at radius 3 is 2.63 bits per heavy atom. The number of halogens is 3. The summed E-state index contributed by atoms with van der Waals surface area (Å²) in [7, 11) is 0. The van der Waals surface area contributed by atoms with Crippen LogP contribution in [-0.2, 0) is 6.18 Å². The average Bonchev–Trinajstić information content (AvgIpc) is 3.31. The zero-order valence-electron chi connectivity index (χ0n) is 14.7. The number of carbonyl (C=O) groups excluding carboxylic acids is 1. The molecule has 0 aliphatic carbocycles. The molecule has 0 radical (unpaired) electrons. The monoisotopic (exact) mass is 379 g/mol. The highest BCUT2D eigenvalue weighted by atomic mass is 19.4. The molecule has 2 aliphatic heterocycles. The van der Waals surface area contributed by atoms with Crippen molar-refractivity contribution in [2.24, 2.45) is 5.41 Å². The molecule has 1 spiro atoms. The van der Waals surface area contributed by atoms with E-state index in [4.69, 9.17) is 0 Å². The summed E-state index contributed by atoms with van der Waals surface area (Å²) in [5.41, 5.74) is -0.110. The van der Waals surface area contributed by atoms with Crippen LogP contribution in [0.25, 0.3) is 5.69 Å². The van der Waals surface area contributed by atoms with E-state index in [1.807, 2.05) is 0 Å². The first-order chi connectivity index (χ1) is 12.9. The number of hydrogen-bond donors (Lipinski definition) is 1. The first kappa shape index (κ1) is 18.0. The summed E-state index contributed by atoms with van der Waals surface area (Å²) >= 11 is 0. The fourth-order valence-corrected chi connectivity index (χ4v) is 3.88. The minimum Gasteiger partial charge on any atom is -0.337 e. The molecule has 6 nitrogen and oxygen atoms in total. The Kier molecular flexibility index (Phi) is 4.41. The molecule has 144 valence electrons. The minimum absolute atomic E-state index is 0.146. The second kappa shape index (κ2) is 6.63. The third-order valence-electron chi connectivity index (χ3n) is 5.59. The second-order valence-corrected chi connectivity index (χ2v) is 7.32. The van der Waals surface area contributed by atoms with Crippen LogP contribution in [0, 0.1) is 5.41 Å². The Morgan fingerprint density at radius 2 is 1.96 bits per heavy atom. The number of rotatable bonds is 2. The Morgan fingerprint density at radius 1 is 1.19 bits per heavy atom. The smallest absolute Gasteiger partial charge is 0.337 e. The predicted molar refractivity (Wildman–Crippen MR) is 91.4 cm³/mol. The van der Waals surface area contributed by atoms with Crippen molar-refractivity contribution in [2.45, 2.75) is 25.4 Å². The van der Waals surface area contributed by atoms with Crippen LogP contribution in [0.1, 0.15) is 35.3 Å². The maximum Gasteiger partial charge on any atom is 0.416 e. The number of benzene rings is 1. The molecule has 4 rings (SSSR count). The highest BCUT2D eigenvalue weighted by Crippen LogP contribution is 2.37. The van der Waals surface area contributed by atoms with E-state index < -0.39 is 11.7 Å². The molecule has 1 aromatic carbocycles. The molecule has 2 fully saturated rings. The summed E-state index contributed by atoms with van der Waals surface area (Å²) in [4.78, 5) is 14.4. The molecule has 9 heteroatoms. The lowest BCUT2D eigenvalue weighted by Crippen LogP contribution is -2.44. The highest BCUT2D eigenvalue weighted by Gasteiger charge is 2.38. The van der Waals surface area contributed by atoms with E-state index in [2.05, 4.69) is 15.6 Å². The normalized spacial score (nSPS) is 19.6. The molecule has 1 N–H and O–H groups in total. The van der Waals surface area contributed by atoms with Gasteiger partial charge in [0.05, 0.1) is 17.4 Å². The Labute approximate surface area is 154 Å². The van der Waals surface area contributed by atoms with Crippen LogP contribution in [0.5, 0.6) is 0 Å². The number of carbonyl (C=O) groups is 1. The Hall–Kier alpha value is -2.42. The second-order valence-electron chi connectivity index (χ2n) is 7.32. The maximum atomic E-state index is 12.9. The van der Waals surface area contributed by atoms with Crippen LogP contribution in [0.4, 0.5) is 13.2 Å². The molecule has 1 aromatic heterocycles. The SMILES string of the molecule is O=C(c1cn(-c2cccc(C(F)(F)F)c2)nn1)N1CCC2(CCNC2)CC1. The van der Waals surface area contributed by atoms with Crippen molar-refractivity contribution >= 4 is 5.91 Å². The van der Waals surface area contributed by atoms with Gasteiger partial charge in [-0.05, 0) is 49.4 Å². The lowest BCUT2D eigenvalue weighted by molar-refractivity contribution is -0.137. The fourth-order valence-electron chi connectivity index (χ4n) is 3.88. The Balaban J connectivity index is 1.47. The van der Waals surface area contributed by atoms with Gasteiger partial charge in [0, 0.05) is 19.6 Å². The van der Waals surface area contributed by atoms with Gasteiger partial charge in [0.1, 0.15) is 0 Å². The van der Waals surface area contributed by atoms with Gasteiger partial charge in [-0.25, -0.2) is 4.68 Å². The molecule has 1 amide bonds. The molecule has 0 saturated carbocycles. The van der Waals surface area contributed by atoms with Crippen LogP contribution >= 0.6 is 0 Å². The summed E-state index contributed by atoms with van der Waals surface area (Å²) in [5, 5.41) is 11.1. The first-order valence-corrected chi connectivity index (χ1v) is 8.96. The number of alkyl halides is 3. The van der Waals surface area contributed by atoms with Crippen molar-refractivity contribution in [3.8, 4) is 5.69 Å². The van der Waals surface area contributed by atoms with Crippen molar-refractivity contribution in [3.05, 3.63) is 41.7 Å². The van der Waals surface area contributed by atoms with Gasteiger partial charge < -0.3 is 10.2 Å². The van der Waals surface area contributed by atoms with Crippen LogP contribution in [0.2, 0.25) is 0 Å². The average molecular weight is 379 g/mol. The zero-order valence-corrected chi connectivity index (χ0v) is 14.7. The molecule has 0 bridgehead atoms. The quantitative estimate of drug-likeness (QED) is 0.871. The highest BCUT2D eigenvalue weighted by molar-refractivity contribution is 5.92. The standard InChI is InChI=1S/C18H20F3N5O/c19-18(20,21)13-2-1-3-14(10-13)26-11-15(23-24-26)16(27)25-8-5-17(6-9-25)4-7-22-12-17/h1-3,10-11,22H,4-9,12H2. The lowest BCUT2D eigenvalue weighted by atomic mass is 9.78. The van der Waals surface area contributed by atoms with E-state index >= 15 is 0 Å². The number of likely N-dealkylation sites (tertiary alicyclic amines) is 1. The fraction of sp³-hybridized carbons (Fsp3) is 0.500. The minimum atomic E-state index is -4.44. The molecule has 2 aromatic rings. The molecule has 3 heterocycles. The van der Waals surface area contributed by atoms with Crippen LogP contribution in [0.15, 0.2) is 30.5 Å². The largest absolute Gasteiger partial charge is 0.416 e. The van der Waals surface area contributed by atoms with Gasteiger partial charge in [-0.3, -0.25) is 4.79 Å². The predicted octanol–water partition coefficient (Wildman–Crippen LogP) is 2.50. The van der Waals surface area contributed by atoms with Gasteiger partial charge in [-0.2, -0.15) is 13.2 Å². The van der Waals surface area contributed by atoms with E-state index in [0.717, 1.165) is 44.5 Å². The molecule has 0 unspecified atom stereocenters. The van der Waals surface area contributed by atoms with Gasteiger partial charge >= 0.3 is 6.18 Å². The third-order valence-corrected chi connectivity index (χ3v) is 5.59. The first-order valence-electron chi connectivity index (χ1n) is 8.96. The number of nitrogens with one attached hydrogen (secondary N) is 1. The zero-order chi connectivity index (χ0) is 19.1. The van der Waals surface area contributed by atoms with Gasteiger partial charge in [-0.1, -0.05) is 11.3 Å². The van der Waals surface area contributed by atoms with Crippen molar-refractivity contribution in [2.75, 3.05) is 26.2 Å². The van der Waals surface area contributed by atoms with Gasteiger partial charge in [0.15, 0.2) is 5.69 Å². The molecule has 0 atom stereocenters. The summed E-state index contributed by atoms with van der Waals surface area (Å²) < 4.78 is 39.8. The van der Waals surface area contributed by atoms with E-state index in [1.165, 1.54) is 23.0 Å². The van der Waals surface area contributed by atoms with Crippen molar-refractivity contribution < 1.29 is 18.0 Å². The molecular weight excluding hydrogens is 359 g/mol. The molecule has 2 saturated heterocycles. The number of amides is 1. The van der Waals surface area contributed by atoms with Gasteiger partial charge in [0.25, 0.3) is 5.91 Å². The maximum absolute atomic E-state index is 12.9. The van der Waals surface area contributed by atoms with Crippen molar-refractivity contribution in [3.63, 3.8) is 0 Å². The lowest BCUT2D eigenvalue weighted by Gasteiger charge is -2.38. The third kappa shape index (κ3) is 3.55. The van der Waals surface area contributed by atoms with E-state index in [9.17, 15) is 18.0 Å². The van der Waals surface area contributed by atoms with Gasteiger partial charge in [0.2, 0.25) is 0 Å². The Bertz CT molecular complexity index is 832. The summed E-state index contributed by atoms with van der Waals surface area (Å²) in [5.74, 6) is -0.228. The van der Waals surface area contributed by atoms with Crippen molar-refractivity contribution in [1.29, 1.82) is 0 Å². The number of nitrogens with zero attached hydrogens (tertiary/aromatic N) is 4. The molecule has 2 aliphatic rings. The van der Waals surface area contributed by atoms with E-state index in [0.29, 0.717) is 18.5 Å². The van der Waals surface area contributed by atoms with Crippen molar-refractivity contribution in [1.82, 2.24) is 25.2 Å². The molecule has 27 heavy (non-hydrogen) atoms. The van der Waals surface area contributed by atoms with Gasteiger partial charge in [-0.15, -0.1) is 5.10 Å². The molecular formula is C18H20F3N5O. The van der Waals surface area contributed by atoms with Crippen LogP contribution in [0.3, 0.4) is 0 Å². The van der Waals surface area contributed by atoms with Crippen LogP contribution < -0.4 is 5.32 Å². The number of piperidine rings is 1. The number of aromatic nitrogens is 3. The van der Waals surface area contributed by atoms with Crippen LogP contribution in [-0.4, -0.2) is 52.0 Å². The topological polar surface area (TPSA) is 63.1 Å². The summed E-state index contributed by atoms with van der Waals surface area (Å²) in [6.07, 6.45) is -0.00478. The number of hydrogen-bond acceptors (Lipinski definition) is 4. The van der Waals surface area contributed by atoms with E-state index in [1.54, 1.807) is 4.90 Å². The summed E-state index contributed by atoms with van der Waals surface area (Å²) in [6.45, 7) is 3.36. The van der Waals surface area contributed by atoms with E-state index in [-0.39, 0.29) is 17.3 Å². The summed E-state index contributed by atoms with van der Waals surface area (Å²) in [6, 6.07) is 4.78.